The summed E-state index contributed by atoms with van der Waals surface area (Å²) in [6.45, 7) is 6.00. The van der Waals surface area contributed by atoms with E-state index >= 15 is 0 Å². The molecule has 2 aliphatic rings. The van der Waals surface area contributed by atoms with Gasteiger partial charge < -0.3 is 25.3 Å². The van der Waals surface area contributed by atoms with Crippen LogP contribution in [0, 0.1) is 5.82 Å². The minimum absolute atomic E-state index is 0.134. The maximum absolute atomic E-state index is 13.8. The lowest BCUT2D eigenvalue weighted by atomic mass is 10.1. The number of aliphatic imine (C=N–C) groups is 1. The summed E-state index contributed by atoms with van der Waals surface area (Å²) in [5, 5.41) is -0.134. The van der Waals surface area contributed by atoms with Crippen molar-refractivity contribution < 1.29 is 30.7 Å². The molecule has 47 heavy (non-hydrogen) atoms. The first-order valence-electron chi connectivity index (χ1n) is 14.5. The molecule has 2 fully saturated rings. The first-order valence-corrected chi connectivity index (χ1v) is 14.8. The summed E-state index contributed by atoms with van der Waals surface area (Å²) in [7, 11) is 0. The molecule has 3 aromatic rings. The Kier molecular flexibility index (Phi) is 9.84. The number of hydrogen-bond donors (Lipinski definition) is 1. The highest BCUT2D eigenvalue weighted by Crippen LogP contribution is 2.37. The van der Waals surface area contributed by atoms with Crippen LogP contribution in [0.25, 0.3) is 5.70 Å². The fourth-order valence-electron chi connectivity index (χ4n) is 5.36. The topological polar surface area (TPSA) is 77.1 Å². The van der Waals surface area contributed by atoms with E-state index < -0.39 is 29.3 Å². The molecule has 0 saturated carbocycles. The highest BCUT2D eigenvalue weighted by Gasteiger charge is 2.37. The van der Waals surface area contributed by atoms with E-state index in [0.29, 0.717) is 30.3 Å². The normalized spacial score (nSPS) is 16.9. The largest absolute Gasteiger partial charge is 0.419 e. The second-order valence-electron chi connectivity index (χ2n) is 10.8. The van der Waals surface area contributed by atoms with Crippen molar-refractivity contribution in [3.63, 3.8) is 0 Å². The zero-order valence-electron chi connectivity index (χ0n) is 24.9. The molecule has 0 bridgehead atoms. The molecule has 0 spiro atoms. The number of anilines is 2. The quantitative estimate of drug-likeness (QED) is 0.191. The monoisotopic (exact) mass is 682 g/mol. The van der Waals surface area contributed by atoms with Crippen molar-refractivity contribution in [2.24, 2.45) is 10.7 Å². The first kappa shape index (κ1) is 33.8. The van der Waals surface area contributed by atoms with Crippen LogP contribution in [0.3, 0.4) is 0 Å². The maximum atomic E-state index is 13.8. The third-order valence-corrected chi connectivity index (χ3v) is 8.10. The predicted molar refractivity (Wildman–Crippen MR) is 166 cm³/mol. The van der Waals surface area contributed by atoms with Crippen LogP contribution >= 0.6 is 11.6 Å². The van der Waals surface area contributed by atoms with Gasteiger partial charge in [0.2, 0.25) is 0 Å². The third-order valence-electron chi connectivity index (χ3n) is 7.81. The van der Waals surface area contributed by atoms with Gasteiger partial charge in [0.1, 0.15) is 29.1 Å². The molecule has 0 radical (unpaired) electrons. The van der Waals surface area contributed by atoms with Crippen molar-refractivity contribution in [1.82, 2.24) is 19.8 Å². The van der Waals surface area contributed by atoms with Crippen LogP contribution in [0.5, 0.6) is 0 Å². The number of aromatic nitrogens is 2. The molecule has 5 rings (SSSR count). The van der Waals surface area contributed by atoms with E-state index in [0.717, 1.165) is 12.1 Å². The third kappa shape index (κ3) is 7.89. The standard InChI is InChI=1S/C31H30ClF7N8/c1-20(44-10-14-46(15-11-44)28-22(30(34,35)36)4-2-8-41-28)43-27(19-26(40)21-6-7-25(33)24(32)18-21)45-12-16-47(17-13-45)29-23(31(37,38)39)5-3-9-42-29/h2-9,18-19H,1,10-17,40H2/b26-19-,43-27?. The smallest absolute Gasteiger partial charge is 0.398 e. The summed E-state index contributed by atoms with van der Waals surface area (Å²) in [4.78, 5) is 19.4. The predicted octanol–water partition coefficient (Wildman–Crippen LogP) is 6.12. The Hall–Kier alpha value is -4.53. The zero-order valence-corrected chi connectivity index (χ0v) is 25.6. The molecule has 2 aromatic heterocycles. The molecule has 0 aliphatic carbocycles. The van der Waals surface area contributed by atoms with Crippen molar-refractivity contribution >= 4 is 34.8 Å². The lowest BCUT2D eigenvalue weighted by molar-refractivity contribution is -0.138. The van der Waals surface area contributed by atoms with Gasteiger partial charge in [-0.2, -0.15) is 26.3 Å². The van der Waals surface area contributed by atoms with E-state index in [9.17, 15) is 30.7 Å². The fraction of sp³-hybridized carbons (Fsp3) is 0.323. The van der Waals surface area contributed by atoms with Crippen LogP contribution in [0.1, 0.15) is 16.7 Å². The molecule has 8 nitrogen and oxygen atoms in total. The van der Waals surface area contributed by atoms with E-state index in [2.05, 4.69) is 16.5 Å². The van der Waals surface area contributed by atoms with Gasteiger partial charge in [-0.1, -0.05) is 18.2 Å². The molecule has 0 atom stereocenters. The summed E-state index contributed by atoms with van der Waals surface area (Å²) in [5.74, 6) is -0.289. The van der Waals surface area contributed by atoms with Gasteiger partial charge in [0.05, 0.1) is 16.1 Å². The Morgan fingerprint density at radius 1 is 0.787 bits per heavy atom. The lowest BCUT2D eigenvalue weighted by Gasteiger charge is -2.39. The Labute approximate surface area is 271 Å². The molecule has 2 saturated heterocycles. The van der Waals surface area contributed by atoms with Gasteiger partial charge >= 0.3 is 12.4 Å². The maximum Gasteiger partial charge on any atom is 0.419 e. The molecule has 0 amide bonds. The minimum Gasteiger partial charge on any atom is -0.398 e. The highest BCUT2D eigenvalue weighted by molar-refractivity contribution is 6.30. The van der Waals surface area contributed by atoms with Crippen molar-refractivity contribution in [2.45, 2.75) is 12.4 Å². The van der Waals surface area contributed by atoms with Gasteiger partial charge in [0.15, 0.2) is 0 Å². The number of piperazine rings is 2. The number of halogens is 8. The summed E-state index contributed by atoms with van der Waals surface area (Å²) in [5.41, 5.74) is 5.34. The van der Waals surface area contributed by atoms with E-state index in [-0.39, 0.29) is 61.6 Å². The number of nitrogens with two attached hydrogens (primary N) is 1. The molecule has 16 heteroatoms. The molecule has 250 valence electrons. The number of amidine groups is 1. The molecular weight excluding hydrogens is 653 g/mol. The molecule has 2 N–H and O–H groups in total. The minimum atomic E-state index is -4.58. The summed E-state index contributed by atoms with van der Waals surface area (Å²) >= 11 is 5.96. The van der Waals surface area contributed by atoms with Crippen molar-refractivity contribution in [3.05, 3.63) is 101 Å². The van der Waals surface area contributed by atoms with Crippen molar-refractivity contribution in [2.75, 3.05) is 62.2 Å². The van der Waals surface area contributed by atoms with Gasteiger partial charge in [-0.15, -0.1) is 0 Å². The zero-order chi connectivity index (χ0) is 33.9. The molecular formula is C31H30ClF7N8. The van der Waals surface area contributed by atoms with Gasteiger partial charge in [0, 0.05) is 76.5 Å². The second kappa shape index (κ2) is 13.7. The number of alkyl halides is 6. The van der Waals surface area contributed by atoms with Crippen LogP contribution in [0.4, 0.5) is 42.4 Å². The molecule has 4 heterocycles. The number of nitrogens with zero attached hydrogens (tertiary/aromatic N) is 7. The van der Waals surface area contributed by atoms with Crippen LogP contribution in [-0.4, -0.2) is 78.0 Å². The van der Waals surface area contributed by atoms with E-state index in [1.54, 1.807) is 15.9 Å². The molecule has 2 aliphatic heterocycles. The van der Waals surface area contributed by atoms with E-state index in [4.69, 9.17) is 22.3 Å². The SMILES string of the molecule is C=C(N=C(/C=C(\N)c1ccc(F)c(Cl)c1)N1CCN(c2ncccc2C(F)(F)F)CC1)N1CCN(c2ncccc2C(F)(F)F)CC1. The fourth-order valence-corrected chi connectivity index (χ4v) is 5.54. The van der Waals surface area contributed by atoms with Crippen LogP contribution in [0.15, 0.2) is 78.3 Å². The van der Waals surface area contributed by atoms with Crippen LogP contribution < -0.4 is 15.5 Å². The Morgan fingerprint density at radius 3 is 1.74 bits per heavy atom. The summed E-state index contributed by atoms with van der Waals surface area (Å²) < 4.78 is 95.5. The van der Waals surface area contributed by atoms with Crippen LogP contribution in [-0.2, 0) is 12.4 Å². The number of hydrogen-bond acceptors (Lipinski definition) is 7. The number of rotatable bonds is 6. The first-order chi connectivity index (χ1) is 22.2. The van der Waals surface area contributed by atoms with Crippen molar-refractivity contribution in [1.29, 1.82) is 0 Å². The lowest BCUT2D eigenvalue weighted by Crippen LogP contribution is -2.50. The Morgan fingerprint density at radius 2 is 1.28 bits per heavy atom. The van der Waals surface area contributed by atoms with Gasteiger partial charge in [0.25, 0.3) is 0 Å². The molecule has 0 unspecified atom stereocenters. The van der Waals surface area contributed by atoms with E-state index in [1.165, 1.54) is 42.7 Å². The number of pyridine rings is 2. The number of benzene rings is 1. The van der Waals surface area contributed by atoms with Crippen LogP contribution in [0.2, 0.25) is 5.02 Å². The second-order valence-corrected chi connectivity index (χ2v) is 11.2. The average Bonchev–Trinajstić information content (AvgIpc) is 3.05. The summed E-state index contributed by atoms with van der Waals surface area (Å²) in [6, 6.07) is 8.43. The van der Waals surface area contributed by atoms with Gasteiger partial charge in [-0.3, -0.25) is 0 Å². The molecule has 1 aromatic carbocycles. The Balaban J connectivity index is 1.36. The Bertz CT molecular complexity index is 1660. The van der Waals surface area contributed by atoms with E-state index in [1.807, 2.05) is 9.80 Å². The average molecular weight is 683 g/mol. The summed E-state index contributed by atoms with van der Waals surface area (Å²) in [6.07, 6.45) is -4.96. The van der Waals surface area contributed by atoms with Crippen molar-refractivity contribution in [3.8, 4) is 0 Å². The van der Waals surface area contributed by atoms with Gasteiger partial charge in [-0.05, 0) is 48.0 Å². The van der Waals surface area contributed by atoms with Gasteiger partial charge in [-0.25, -0.2) is 19.4 Å². The highest BCUT2D eigenvalue weighted by atomic mass is 35.5.